The van der Waals surface area contributed by atoms with E-state index in [-0.39, 0.29) is 11.9 Å². The Morgan fingerprint density at radius 2 is 2.20 bits per heavy atom. The number of aryl methyl sites for hydroxylation is 3. The van der Waals surface area contributed by atoms with Gasteiger partial charge in [-0.15, -0.1) is 11.3 Å². The van der Waals surface area contributed by atoms with Gasteiger partial charge >= 0.3 is 0 Å². The molecule has 4 rings (SSSR count). The van der Waals surface area contributed by atoms with Crippen LogP contribution in [0.3, 0.4) is 0 Å². The Morgan fingerprint density at radius 3 is 2.88 bits per heavy atom. The lowest BCUT2D eigenvalue weighted by Crippen LogP contribution is -2.31. The quantitative estimate of drug-likeness (QED) is 0.769. The molecule has 3 aromatic heterocycles. The van der Waals surface area contributed by atoms with Crippen LogP contribution in [0.25, 0.3) is 10.6 Å². The maximum Gasteiger partial charge on any atom is 0.274 e. The third-order valence-corrected chi connectivity index (χ3v) is 5.77. The highest BCUT2D eigenvalue weighted by molar-refractivity contribution is 7.15. The van der Waals surface area contributed by atoms with Gasteiger partial charge in [0.05, 0.1) is 22.3 Å². The van der Waals surface area contributed by atoms with E-state index in [2.05, 4.69) is 28.3 Å². The minimum Gasteiger partial charge on any atom is -0.361 e. The summed E-state index contributed by atoms with van der Waals surface area (Å²) in [6.45, 7) is 6.63. The largest absolute Gasteiger partial charge is 0.361 e. The molecule has 0 radical (unpaired) electrons. The van der Waals surface area contributed by atoms with E-state index in [9.17, 15) is 4.79 Å². The zero-order chi connectivity index (χ0) is 17.6. The summed E-state index contributed by atoms with van der Waals surface area (Å²) in [7, 11) is 0. The van der Waals surface area contributed by atoms with Gasteiger partial charge in [-0.3, -0.25) is 9.89 Å². The lowest BCUT2D eigenvalue weighted by atomic mass is 10.0. The number of nitrogens with zero attached hydrogens (tertiary/aromatic N) is 3. The molecule has 1 atom stereocenters. The highest BCUT2D eigenvalue weighted by Crippen LogP contribution is 2.36. The molecule has 0 saturated carbocycles. The van der Waals surface area contributed by atoms with Gasteiger partial charge in [-0.25, -0.2) is 0 Å². The van der Waals surface area contributed by atoms with Crippen molar-refractivity contribution in [2.75, 3.05) is 6.54 Å². The SMILES string of the molecule is Cc1ccc(-c2cc(C(=O)N3CCCC3c3c(C)noc3C)n[nH]2)s1. The van der Waals surface area contributed by atoms with Crippen molar-refractivity contribution >= 4 is 17.2 Å². The summed E-state index contributed by atoms with van der Waals surface area (Å²) in [5.41, 5.74) is 3.24. The topological polar surface area (TPSA) is 75.0 Å². The maximum atomic E-state index is 13.0. The Labute approximate surface area is 149 Å². The molecule has 0 aliphatic carbocycles. The average molecular weight is 356 g/mol. The number of thiophene rings is 1. The summed E-state index contributed by atoms with van der Waals surface area (Å²) < 4.78 is 5.30. The predicted molar refractivity (Wildman–Crippen MR) is 95.6 cm³/mol. The monoisotopic (exact) mass is 356 g/mol. The highest BCUT2D eigenvalue weighted by Gasteiger charge is 2.35. The normalized spacial score (nSPS) is 17.4. The lowest BCUT2D eigenvalue weighted by molar-refractivity contribution is 0.0728. The second-order valence-electron chi connectivity index (χ2n) is 6.47. The van der Waals surface area contributed by atoms with Crippen molar-refractivity contribution in [3.05, 3.63) is 45.8 Å². The Kier molecular flexibility index (Phi) is 3.95. The van der Waals surface area contributed by atoms with E-state index in [0.29, 0.717) is 5.69 Å². The first-order valence-electron chi connectivity index (χ1n) is 8.40. The number of aromatic amines is 1. The molecule has 0 aromatic carbocycles. The first kappa shape index (κ1) is 16.1. The summed E-state index contributed by atoms with van der Waals surface area (Å²) >= 11 is 1.68. The van der Waals surface area contributed by atoms with Crippen molar-refractivity contribution in [3.8, 4) is 10.6 Å². The van der Waals surface area contributed by atoms with Crippen molar-refractivity contribution in [3.63, 3.8) is 0 Å². The van der Waals surface area contributed by atoms with Gasteiger partial charge in [0.2, 0.25) is 0 Å². The summed E-state index contributed by atoms with van der Waals surface area (Å²) in [5.74, 6) is 0.747. The molecule has 1 unspecified atom stereocenters. The number of aromatic nitrogens is 3. The first-order chi connectivity index (χ1) is 12.0. The molecule has 7 heteroatoms. The van der Waals surface area contributed by atoms with E-state index >= 15 is 0 Å². The molecule has 1 aliphatic rings. The third-order valence-electron chi connectivity index (χ3n) is 4.74. The van der Waals surface area contributed by atoms with Crippen LogP contribution in [0.15, 0.2) is 22.7 Å². The summed E-state index contributed by atoms with van der Waals surface area (Å²) in [5, 5.41) is 11.3. The molecule has 6 nitrogen and oxygen atoms in total. The third kappa shape index (κ3) is 2.78. The number of rotatable bonds is 3. The standard InChI is InChI=1S/C18H20N4O2S/c1-10-6-7-16(25-10)13-9-14(20-19-13)18(23)22-8-4-5-15(22)17-11(2)21-24-12(17)3/h6-7,9,15H,4-5,8H2,1-3H3,(H,19,20). The molecular weight excluding hydrogens is 336 g/mol. The van der Waals surface area contributed by atoms with Crippen LogP contribution in [-0.2, 0) is 0 Å². The molecule has 130 valence electrons. The predicted octanol–water partition coefficient (Wildman–Crippen LogP) is 4.03. The van der Waals surface area contributed by atoms with Gasteiger partial charge < -0.3 is 9.42 Å². The molecule has 1 N–H and O–H groups in total. The van der Waals surface area contributed by atoms with Crippen LogP contribution >= 0.6 is 11.3 Å². The number of H-pyrrole nitrogens is 1. The second kappa shape index (κ2) is 6.15. The molecule has 0 spiro atoms. The van der Waals surface area contributed by atoms with Gasteiger partial charge in [0.1, 0.15) is 5.76 Å². The van der Waals surface area contributed by atoms with Gasteiger partial charge in [0.15, 0.2) is 5.69 Å². The average Bonchev–Trinajstić information content (AvgIpc) is 3.34. The smallest absolute Gasteiger partial charge is 0.274 e. The number of carbonyl (C=O) groups is 1. The summed E-state index contributed by atoms with van der Waals surface area (Å²) in [6, 6.07) is 5.97. The van der Waals surface area contributed by atoms with Crippen LogP contribution in [-0.4, -0.2) is 32.7 Å². The van der Waals surface area contributed by atoms with Crippen molar-refractivity contribution in [2.45, 2.75) is 39.7 Å². The van der Waals surface area contributed by atoms with Crippen LogP contribution < -0.4 is 0 Å². The number of likely N-dealkylation sites (tertiary alicyclic amines) is 1. The van der Waals surface area contributed by atoms with Crippen LogP contribution in [0.1, 0.15) is 51.3 Å². The number of hydrogen-bond acceptors (Lipinski definition) is 5. The van der Waals surface area contributed by atoms with Crippen molar-refractivity contribution in [1.82, 2.24) is 20.3 Å². The molecule has 25 heavy (non-hydrogen) atoms. The fourth-order valence-electron chi connectivity index (χ4n) is 3.56. The highest BCUT2D eigenvalue weighted by atomic mass is 32.1. The Bertz CT molecular complexity index is 904. The molecule has 3 aromatic rings. The minimum absolute atomic E-state index is 0.0166. The first-order valence-corrected chi connectivity index (χ1v) is 9.22. The Hall–Kier alpha value is -2.41. The van der Waals surface area contributed by atoms with E-state index in [1.54, 1.807) is 11.3 Å². The van der Waals surface area contributed by atoms with E-state index < -0.39 is 0 Å². The Balaban J connectivity index is 1.61. The summed E-state index contributed by atoms with van der Waals surface area (Å²) in [4.78, 5) is 17.2. The van der Waals surface area contributed by atoms with Gasteiger partial charge in [-0.05, 0) is 51.8 Å². The zero-order valence-electron chi connectivity index (χ0n) is 14.5. The van der Waals surface area contributed by atoms with E-state index in [1.165, 1.54) is 4.88 Å². The maximum absolute atomic E-state index is 13.0. The van der Waals surface area contributed by atoms with Crippen LogP contribution in [0.2, 0.25) is 0 Å². The number of hydrogen-bond donors (Lipinski definition) is 1. The van der Waals surface area contributed by atoms with Crippen molar-refractivity contribution in [2.24, 2.45) is 0 Å². The van der Waals surface area contributed by atoms with E-state index in [1.807, 2.05) is 30.9 Å². The van der Waals surface area contributed by atoms with Gasteiger partial charge in [0.25, 0.3) is 5.91 Å². The lowest BCUT2D eigenvalue weighted by Gasteiger charge is -2.23. The van der Waals surface area contributed by atoms with Crippen LogP contribution in [0.5, 0.6) is 0 Å². The number of nitrogens with one attached hydrogen (secondary N) is 1. The minimum atomic E-state index is -0.0433. The van der Waals surface area contributed by atoms with Gasteiger partial charge in [-0.1, -0.05) is 5.16 Å². The molecule has 4 heterocycles. The van der Waals surface area contributed by atoms with E-state index in [0.717, 1.165) is 47.0 Å². The van der Waals surface area contributed by atoms with Crippen LogP contribution in [0, 0.1) is 20.8 Å². The fourth-order valence-corrected chi connectivity index (χ4v) is 4.39. The molecule has 1 fully saturated rings. The van der Waals surface area contributed by atoms with Crippen molar-refractivity contribution in [1.29, 1.82) is 0 Å². The van der Waals surface area contributed by atoms with Crippen LogP contribution in [0.4, 0.5) is 0 Å². The molecule has 1 aliphatic heterocycles. The van der Waals surface area contributed by atoms with E-state index in [4.69, 9.17) is 4.52 Å². The van der Waals surface area contributed by atoms with Gasteiger partial charge in [0, 0.05) is 17.0 Å². The number of amides is 1. The summed E-state index contributed by atoms with van der Waals surface area (Å²) in [6.07, 6.45) is 1.90. The molecule has 1 saturated heterocycles. The van der Waals surface area contributed by atoms with Gasteiger partial charge in [-0.2, -0.15) is 5.10 Å². The second-order valence-corrected chi connectivity index (χ2v) is 7.76. The zero-order valence-corrected chi connectivity index (χ0v) is 15.3. The molecule has 1 amide bonds. The fraction of sp³-hybridized carbons (Fsp3) is 0.389. The Morgan fingerprint density at radius 1 is 1.36 bits per heavy atom. The number of carbonyl (C=O) groups excluding carboxylic acids is 1. The van der Waals surface area contributed by atoms with Crippen molar-refractivity contribution < 1.29 is 9.32 Å². The molecular formula is C18H20N4O2S. The molecule has 0 bridgehead atoms.